The molecule has 0 aromatic carbocycles. The Morgan fingerprint density at radius 1 is 1.29 bits per heavy atom. The summed E-state index contributed by atoms with van der Waals surface area (Å²) < 4.78 is 0. The zero-order chi connectivity index (χ0) is 12.6. The summed E-state index contributed by atoms with van der Waals surface area (Å²) in [6, 6.07) is 0. The van der Waals surface area contributed by atoms with Crippen LogP contribution >= 0.6 is 0 Å². The molecule has 94 valence electrons. The normalized spacial score (nSPS) is 51.4. The number of carbonyl (C=O) groups is 1. The van der Waals surface area contributed by atoms with E-state index in [0.717, 1.165) is 12.0 Å². The van der Waals surface area contributed by atoms with Gasteiger partial charge in [-0.05, 0) is 41.7 Å². The average molecular weight is 234 g/mol. The lowest BCUT2D eigenvalue weighted by Crippen LogP contribution is -2.42. The first-order chi connectivity index (χ1) is 7.81. The highest BCUT2D eigenvalue weighted by molar-refractivity contribution is 5.97. The summed E-state index contributed by atoms with van der Waals surface area (Å²) in [5.41, 5.74) is 0.377. The zero-order valence-electron chi connectivity index (χ0n) is 11.2. The van der Waals surface area contributed by atoms with Crippen LogP contribution in [-0.2, 0) is 4.79 Å². The third kappa shape index (κ3) is 1.17. The van der Waals surface area contributed by atoms with Gasteiger partial charge >= 0.3 is 0 Å². The predicted octanol–water partition coefficient (Wildman–Crippen LogP) is 2.56. The van der Waals surface area contributed by atoms with Crippen molar-refractivity contribution in [2.24, 2.45) is 29.1 Å². The second kappa shape index (κ2) is 3.03. The van der Waals surface area contributed by atoms with E-state index in [1.54, 1.807) is 6.08 Å². The third-order valence-corrected chi connectivity index (χ3v) is 5.81. The second-order valence-corrected chi connectivity index (χ2v) is 6.93. The van der Waals surface area contributed by atoms with Gasteiger partial charge in [0, 0.05) is 5.92 Å². The number of allylic oxidation sites excluding steroid dienone is 1. The third-order valence-electron chi connectivity index (χ3n) is 5.81. The Bertz CT molecular complexity index is 421. The molecule has 3 aliphatic rings. The molecule has 2 heteroatoms. The van der Waals surface area contributed by atoms with Gasteiger partial charge in [-0.25, -0.2) is 0 Å². The lowest BCUT2D eigenvalue weighted by molar-refractivity contribution is -0.123. The van der Waals surface area contributed by atoms with Gasteiger partial charge in [0.2, 0.25) is 0 Å². The summed E-state index contributed by atoms with van der Waals surface area (Å²) >= 11 is 0. The first-order valence-electron chi connectivity index (χ1n) is 6.79. The molecule has 17 heavy (non-hydrogen) atoms. The number of fused-ring (bicyclic) bond motifs is 3. The molecule has 0 saturated heterocycles. The van der Waals surface area contributed by atoms with Gasteiger partial charge in [0.05, 0.1) is 11.5 Å². The maximum Gasteiger partial charge on any atom is 0.161 e. The van der Waals surface area contributed by atoms with Crippen LogP contribution in [0.4, 0.5) is 0 Å². The Kier molecular flexibility index (Phi) is 2.04. The van der Waals surface area contributed by atoms with Crippen LogP contribution in [0.5, 0.6) is 0 Å². The van der Waals surface area contributed by atoms with Crippen LogP contribution in [-0.4, -0.2) is 16.5 Å². The van der Waals surface area contributed by atoms with Gasteiger partial charge in [-0.3, -0.25) is 4.79 Å². The smallest absolute Gasteiger partial charge is 0.161 e. The van der Waals surface area contributed by atoms with Crippen LogP contribution in [0.1, 0.15) is 40.5 Å². The molecule has 0 aromatic rings. The monoisotopic (exact) mass is 234 g/mol. The molecular weight excluding hydrogens is 212 g/mol. The van der Waals surface area contributed by atoms with E-state index >= 15 is 0 Å². The quantitative estimate of drug-likeness (QED) is 0.699. The van der Waals surface area contributed by atoms with Crippen molar-refractivity contribution in [3.63, 3.8) is 0 Å². The first-order valence-corrected chi connectivity index (χ1v) is 6.79. The van der Waals surface area contributed by atoms with Crippen LogP contribution in [0.25, 0.3) is 0 Å². The van der Waals surface area contributed by atoms with Gasteiger partial charge in [-0.2, -0.15) is 0 Å². The van der Waals surface area contributed by atoms with Crippen LogP contribution in [0.3, 0.4) is 0 Å². The molecule has 0 heterocycles. The van der Waals surface area contributed by atoms with Crippen molar-refractivity contribution in [3.8, 4) is 0 Å². The van der Waals surface area contributed by atoms with Gasteiger partial charge in [0.1, 0.15) is 0 Å². The zero-order valence-corrected chi connectivity index (χ0v) is 11.2. The summed E-state index contributed by atoms with van der Waals surface area (Å²) in [6.07, 6.45) is 4.05. The average Bonchev–Trinajstić information content (AvgIpc) is 2.77. The Morgan fingerprint density at radius 2 is 1.94 bits per heavy atom. The molecule has 0 aliphatic heterocycles. The molecule has 5 atom stereocenters. The maximum absolute atomic E-state index is 11.9. The lowest BCUT2D eigenvalue weighted by Gasteiger charge is -2.34. The van der Waals surface area contributed by atoms with E-state index in [0.29, 0.717) is 11.8 Å². The summed E-state index contributed by atoms with van der Waals surface area (Å²) in [5, 5.41) is 11.2. The molecule has 5 unspecified atom stereocenters. The standard InChI is InChI=1S/C15H22O2/c1-8-5-6-10-13(14(10,3)4)15(17)9(2)12(16)7-11(8)15/h7-10,13,17H,5-6H2,1-4H3. The first kappa shape index (κ1) is 11.5. The van der Waals surface area contributed by atoms with Crippen molar-refractivity contribution < 1.29 is 9.90 Å². The van der Waals surface area contributed by atoms with Gasteiger partial charge in [-0.1, -0.05) is 27.7 Å². The lowest BCUT2D eigenvalue weighted by atomic mass is 9.76. The highest BCUT2D eigenvalue weighted by Crippen LogP contribution is 2.70. The minimum Gasteiger partial charge on any atom is -0.384 e. The Morgan fingerprint density at radius 3 is 2.59 bits per heavy atom. The van der Waals surface area contributed by atoms with Crippen molar-refractivity contribution in [1.29, 1.82) is 0 Å². The van der Waals surface area contributed by atoms with E-state index in [1.165, 1.54) is 6.42 Å². The van der Waals surface area contributed by atoms with Crippen LogP contribution < -0.4 is 0 Å². The topological polar surface area (TPSA) is 37.3 Å². The molecule has 3 aliphatic carbocycles. The second-order valence-electron chi connectivity index (χ2n) is 6.93. The molecule has 2 fully saturated rings. The fourth-order valence-corrected chi connectivity index (χ4v) is 4.59. The molecule has 0 spiro atoms. The van der Waals surface area contributed by atoms with Crippen molar-refractivity contribution in [3.05, 3.63) is 11.6 Å². The highest BCUT2D eigenvalue weighted by atomic mass is 16.3. The Balaban J connectivity index is 2.10. The molecule has 0 radical (unpaired) electrons. The largest absolute Gasteiger partial charge is 0.384 e. The van der Waals surface area contributed by atoms with Gasteiger partial charge in [-0.15, -0.1) is 0 Å². The van der Waals surface area contributed by atoms with E-state index < -0.39 is 5.60 Å². The molecule has 0 aromatic heterocycles. The fraction of sp³-hybridized carbons (Fsp3) is 0.800. The van der Waals surface area contributed by atoms with Crippen LogP contribution in [0.2, 0.25) is 0 Å². The Hall–Kier alpha value is -0.630. The number of hydrogen-bond acceptors (Lipinski definition) is 2. The Labute approximate surface area is 103 Å². The van der Waals surface area contributed by atoms with Crippen LogP contribution in [0, 0.1) is 29.1 Å². The van der Waals surface area contributed by atoms with Crippen molar-refractivity contribution in [2.45, 2.75) is 46.1 Å². The molecular formula is C15H22O2. The number of carbonyl (C=O) groups excluding carboxylic acids is 1. The van der Waals surface area contributed by atoms with Gasteiger partial charge in [0.15, 0.2) is 5.78 Å². The fourth-order valence-electron chi connectivity index (χ4n) is 4.59. The molecule has 0 bridgehead atoms. The van der Waals surface area contributed by atoms with E-state index in [-0.39, 0.29) is 23.0 Å². The SMILES string of the molecule is CC1CCC2C(C2(C)C)C2(O)C1=CC(=O)C2C. The summed E-state index contributed by atoms with van der Waals surface area (Å²) in [4.78, 5) is 11.9. The number of hydrogen-bond donors (Lipinski definition) is 1. The predicted molar refractivity (Wildman–Crippen MR) is 66.4 cm³/mol. The number of aliphatic hydroxyl groups is 1. The van der Waals surface area contributed by atoms with E-state index in [9.17, 15) is 9.90 Å². The number of ketones is 1. The van der Waals surface area contributed by atoms with Crippen molar-refractivity contribution in [2.75, 3.05) is 0 Å². The van der Waals surface area contributed by atoms with Crippen LogP contribution in [0.15, 0.2) is 11.6 Å². The van der Waals surface area contributed by atoms with Crippen molar-refractivity contribution >= 4 is 5.78 Å². The molecule has 2 nitrogen and oxygen atoms in total. The number of rotatable bonds is 0. The van der Waals surface area contributed by atoms with E-state index in [4.69, 9.17) is 0 Å². The summed E-state index contributed by atoms with van der Waals surface area (Å²) in [6.45, 7) is 8.53. The van der Waals surface area contributed by atoms with E-state index in [1.807, 2.05) is 6.92 Å². The van der Waals surface area contributed by atoms with E-state index in [2.05, 4.69) is 20.8 Å². The summed E-state index contributed by atoms with van der Waals surface area (Å²) in [7, 11) is 0. The molecule has 2 saturated carbocycles. The van der Waals surface area contributed by atoms with Gasteiger partial charge in [0.25, 0.3) is 0 Å². The summed E-state index contributed by atoms with van der Waals surface area (Å²) in [5.74, 6) is 1.12. The molecule has 0 amide bonds. The maximum atomic E-state index is 11.9. The molecule has 3 rings (SSSR count). The minimum atomic E-state index is -0.846. The molecule has 1 N–H and O–H groups in total. The van der Waals surface area contributed by atoms with Crippen molar-refractivity contribution in [1.82, 2.24) is 0 Å². The minimum absolute atomic E-state index is 0.123. The van der Waals surface area contributed by atoms with Gasteiger partial charge < -0.3 is 5.11 Å². The highest BCUT2D eigenvalue weighted by Gasteiger charge is 2.71.